The van der Waals surface area contributed by atoms with Gasteiger partial charge in [-0.15, -0.1) is 0 Å². The molecule has 3 aliphatic carbocycles. The summed E-state index contributed by atoms with van der Waals surface area (Å²) in [6.45, 7) is 5.62. The lowest BCUT2D eigenvalue weighted by Crippen LogP contribution is -2.43. The van der Waals surface area contributed by atoms with Gasteiger partial charge >= 0.3 is 5.97 Å². The third-order valence-electron chi connectivity index (χ3n) is 7.45. The van der Waals surface area contributed by atoms with E-state index >= 15 is 0 Å². The lowest BCUT2D eigenvalue weighted by Gasteiger charge is -2.50. The number of hydrogen-bond acceptors (Lipinski definition) is 3. The Labute approximate surface area is 150 Å². The molecule has 134 valence electrons. The molecule has 0 radical (unpaired) electrons. The van der Waals surface area contributed by atoms with E-state index < -0.39 is 0 Å². The van der Waals surface area contributed by atoms with Gasteiger partial charge in [0.25, 0.3) is 0 Å². The Morgan fingerprint density at radius 2 is 1.92 bits per heavy atom. The highest BCUT2D eigenvalue weighted by Gasteiger charge is 2.55. The molecule has 5 atom stereocenters. The number of ether oxygens (including phenoxy) is 1. The molecule has 3 heteroatoms. The van der Waals surface area contributed by atoms with Crippen LogP contribution in [0, 0.1) is 23.2 Å². The van der Waals surface area contributed by atoms with Crippen LogP contribution in [0.3, 0.4) is 0 Å². The van der Waals surface area contributed by atoms with Gasteiger partial charge in [0, 0.05) is 12.8 Å². The zero-order valence-electron chi connectivity index (χ0n) is 15.5. The third-order valence-corrected chi connectivity index (χ3v) is 7.45. The number of carbonyl (C=O) groups is 2. The third kappa shape index (κ3) is 2.63. The van der Waals surface area contributed by atoms with Crippen LogP contribution in [0.4, 0.5) is 0 Å². The van der Waals surface area contributed by atoms with Crippen molar-refractivity contribution in [3.05, 3.63) is 29.3 Å². The van der Waals surface area contributed by atoms with Crippen LogP contribution in [0.2, 0.25) is 0 Å². The quantitative estimate of drug-likeness (QED) is 0.580. The second kappa shape index (κ2) is 5.96. The lowest BCUT2D eigenvalue weighted by molar-refractivity contribution is -0.132. The zero-order valence-corrected chi connectivity index (χ0v) is 15.5. The van der Waals surface area contributed by atoms with Crippen LogP contribution in [-0.4, -0.2) is 11.8 Å². The fourth-order valence-corrected chi connectivity index (χ4v) is 6.46. The number of Topliss-reactive ketones (excluding diaryl/α,β-unsaturated/α-hetero) is 1. The molecule has 0 amide bonds. The van der Waals surface area contributed by atoms with Crippen molar-refractivity contribution in [2.45, 2.75) is 65.2 Å². The number of rotatable bonds is 2. The van der Waals surface area contributed by atoms with Crippen molar-refractivity contribution in [3.63, 3.8) is 0 Å². The fraction of sp³-hybridized carbons (Fsp3) is 0.636. The molecule has 4 rings (SSSR count). The van der Waals surface area contributed by atoms with Crippen molar-refractivity contribution in [1.82, 2.24) is 0 Å². The molecule has 0 saturated heterocycles. The number of hydrogen-bond donors (Lipinski definition) is 0. The van der Waals surface area contributed by atoms with E-state index in [-0.39, 0.29) is 17.3 Å². The number of carbonyl (C=O) groups excluding carboxylic acids is 2. The summed E-state index contributed by atoms with van der Waals surface area (Å²) < 4.78 is 5.27. The summed E-state index contributed by atoms with van der Waals surface area (Å²) in [5.74, 6) is 3.07. The Bertz CT molecular complexity index is 722. The maximum absolute atomic E-state index is 12.1. The molecule has 0 aromatic heterocycles. The Morgan fingerprint density at radius 3 is 2.64 bits per heavy atom. The summed E-state index contributed by atoms with van der Waals surface area (Å²) in [6, 6.07) is 6.20. The Balaban J connectivity index is 1.62. The van der Waals surface area contributed by atoms with Crippen molar-refractivity contribution in [3.8, 4) is 5.75 Å². The lowest BCUT2D eigenvalue weighted by atomic mass is 9.54. The summed E-state index contributed by atoms with van der Waals surface area (Å²) in [4.78, 5) is 23.4. The van der Waals surface area contributed by atoms with E-state index in [1.807, 2.05) is 6.07 Å². The van der Waals surface area contributed by atoms with Crippen LogP contribution < -0.4 is 4.74 Å². The number of benzene rings is 1. The Kier molecular flexibility index (Phi) is 4.01. The first-order chi connectivity index (χ1) is 11.9. The molecule has 0 N–H and O–H groups in total. The van der Waals surface area contributed by atoms with E-state index in [0.29, 0.717) is 29.3 Å². The second-order valence-electron chi connectivity index (χ2n) is 8.65. The molecule has 0 unspecified atom stereocenters. The first-order valence-corrected chi connectivity index (χ1v) is 9.72. The predicted molar refractivity (Wildman–Crippen MR) is 96.5 cm³/mol. The Hall–Kier alpha value is -1.64. The number of esters is 1. The van der Waals surface area contributed by atoms with E-state index in [2.05, 4.69) is 19.1 Å². The molecule has 3 aliphatic rings. The summed E-state index contributed by atoms with van der Waals surface area (Å²) in [5, 5.41) is 0. The van der Waals surface area contributed by atoms with Gasteiger partial charge in [-0.3, -0.25) is 9.59 Å². The molecule has 2 fully saturated rings. The van der Waals surface area contributed by atoms with Gasteiger partial charge < -0.3 is 4.74 Å². The first kappa shape index (κ1) is 16.8. The summed E-state index contributed by atoms with van der Waals surface area (Å²) >= 11 is 0. The predicted octanol–water partition coefficient (Wildman–Crippen LogP) is 4.67. The summed E-state index contributed by atoms with van der Waals surface area (Å²) in [7, 11) is 0. The van der Waals surface area contributed by atoms with Crippen molar-refractivity contribution < 1.29 is 14.3 Å². The van der Waals surface area contributed by atoms with Gasteiger partial charge in [-0.25, -0.2) is 0 Å². The first-order valence-electron chi connectivity index (χ1n) is 9.72. The van der Waals surface area contributed by atoms with E-state index in [4.69, 9.17) is 4.74 Å². The highest BCUT2D eigenvalue weighted by atomic mass is 16.5. The van der Waals surface area contributed by atoms with Gasteiger partial charge in [0.1, 0.15) is 11.5 Å². The monoisotopic (exact) mass is 340 g/mol. The molecule has 0 aliphatic heterocycles. The van der Waals surface area contributed by atoms with Crippen LogP contribution in [0.15, 0.2) is 18.2 Å². The van der Waals surface area contributed by atoms with Gasteiger partial charge in [0.15, 0.2) is 0 Å². The number of fused-ring (bicyclic) bond motifs is 5. The van der Waals surface area contributed by atoms with Crippen LogP contribution in [-0.2, 0) is 16.0 Å². The van der Waals surface area contributed by atoms with E-state index in [1.165, 1.54) is 37.3 Å². The maximum atomic E-state index is 12.1. The van der Waals surface area contributed by atoms with Gasteiger partial charge in [-0.2, -0.15) is 0 Å². The van der Waals surface area contributed by atoms with E-state index in [9.17, 15) is 9.59 Å². The highest BCUT2D eigenvalue weighted by molar-refractivity contribution is 5.79. The molecule has 1 aromatic rings. The average Bonchev–Trinajstić information content (AvgIpc) is 2.91. The molecule has 0 heterocycles. The van der Waals surface area contributed by atoms with Crippen molar-refractivity contribution in [1.29, 1.82) is 0 Å². The van der Waals surface area contributed by atoms with Crippen molar-refractivity contribution in [2.24, 2.45) is 23.2 Å². The largest absolute Gasteiger partial charge is 0.427 e. The fourth-order valence-electron chi connectivity index (χ4n) is 6.46. The molecule has 0 spiro atoms. The summed E-state index contributed by atoms with van der Waals surface area (Å²) in [5.41, 5.74) is 3.02. The number of aryl methyl sites for hydroxylation is 1. The van der Waals surface area contributed by atoms with Gasteiger partial charge in [-0.1, -0.05) is 13.0 Å². The highest BCUT2D eigenvalue weighted by Crippen LogP contribution is 2.63. The molecule has 0 bridgehead atoms. The topological polar surface area (TPSA) is 43.4 Å². The van der Waals surface area contributed by atoms with Gasteiger partial charge in [0.2, 0.25) is 0 Å². The average molecular weight is 340 g/mol. The standard InChI is InChI=1S/C22H28O3/c1-13(23)20-8-9-21-19-6-4-15-12-16(25-14(2)24)5-7-17(15)18(19)10-11-22(20,21)3/h5,7,12,18-21H,4,6,8-11H2,1-3H3/t18-,19-,20-,21+,22-/m1/s1. The SMILES string of the molecule is CC(=O)Oc1ccc2c(c1)CC[C@@H]1[C@@H]2CC[C@]2(C)[C@@H](C(C)=O)CC[C@@H]12. The zero-order chi connectivity index (χ0) is 17.8. The minimum Gasteiger partial charge on any atom is -0.427 e. The molecular formula is C22H28O3. The molecule has 1 aromatic carbocycles. The van der Waals surface area contributed by atoms with E-state index in [0.717, 1.165) is 19.3 Å². The van der Waals surface area contributed by atoms with Crippen LogP contribution in [0.1, 0.15) is 69.9 Å². The Morgan fingerprint density at radius 1 is 1.12 bits per heavy atom. The minimum absolute atomic E-state index is 0.211. The van der Waals surface area contributed by atoms with Crippen LogP contribution in [0.5, 0.6) is 5.75 Å². The van der Waals surface area contributed by atoms with Crippen molar-refractivity contribution in [2.75, 3.05) is 0 Å². The van der Waals surface area contributed by atoms with Gasteiger partial charge in [0.05, 0.1) is 0 Å². The minimum atomic E-state index is -0.261. The second-order valence-corrected chi connectivity index (χ2v) is 8.65. The molecule has 2 saturated carbocycles. The molecular weight excluding hydrogens is 312 g/mol. The molecule has 25 heavy (non-hydrogen) atoms. The summed E-state index contributed by atoms with van der Waals surface area (Å²) in [6.07, 6.45) is 6.89. The van der Waals surface area contributed by atoms with Gasteiger partial charge in [-0.05, 0) is 91.9 Å². The maximum Gasteiger partial charge on any atom is 0.308 e. The smallest absolute Gasteiger partial charge is 0.308 e. The number of ketones is 1. The van der Waals surface area contributed by atoms with Crippen LogP contribution in [0.25, 0.3) is 0 Å². The van der Waals surface area contributed by atoms with Crippen molar-refractivity contribution >= 4 is 11.8 Å². The van der Waals surface area contributed by atoms with Crippen LogP contribution >= 0.6 is 0 Å². The normalized spacial score (nSPS) is 36.1. The van der Waals surface area contributed by atoms with E-state index in [1.54, 1.807) is 6.92 Å². The molecule has 3 nitrogen and oxygen atoms in total.